The van der Waals surface area contributed by atoms with Crippen molar-refractivity contribution in [3.63, 3.8) is 0 Å². The minimum absolute atomic E-state index is 0.363. The molecule has 3 rings (SSSR count). The van der Waals surface area contributed by atoms with E-state index in [1.165, 1.54) is 38.5 Å². The van der Waals surface area contributed by atoms with E-state index in [9.17, 15) is 5.11 Å². The van der Waals surface area contributed by atoms with Crippen molar-refractivity contribution in [1.82, 2.24) is 10.2 Å². The summed E-state index contributed by atoms with van der Waals surface area (Å²) in [6, 6.07) is 1.45. The molecule has 2 N–H and O–H groups in total. The summed E-state index contributed by atoms with van der Waals surface area (Å²) < 4.78 is 0. The van der Waals surface area contributed by atoms with Crippen molar-refractivity contribution in [3.05, 3.63) is 0 Å². The zero-order valence-corrected chi connectivity index (χ0v) is 10.8. The van der Waals surface area contributed by atoms with Gasteiger partial charge in [-0.1, -0.05) is 25.7 Å². The molecule has 0 atom stereocenters. The molecule has 98 valence electrons. The van der Waals surface area contributed by atoms with E-state index in [2.05, 4.69) is 10.2 Å². The minimum atomic E-state index is -0.363. The highest BCUT2D eigenvalue weighted by Gasteiger charge is 2.39. The maximum absolute atomic E-state index is 10.6. The van der Waals surface area contributed by atoms with Gasteiger partial charge in [-0.15, -0.1) is 0 Å². The van der Waals surface area contributed by atoms with E-state index < -0.39 is 0 Å². The van der Waals surface area contributed by atoms with Gasteiger partial charge in [0.25, 0.3) is 0 Å². The summed E-state index contributed by atoms with van der Waals surface area (Å²) in [7, 11) is 0. The van der Waals surface area contributed by atoms with Crippen LogP contribution in [0.4, 0.5) is 0 Å². The Labute approximate surface area is 105 Å². The molecule has 1 aliphatic heterocycles. The quantitative estimate of drug-likeness (QED) is 0.779. The molecule has 0 aromatic heterocycles. The van der Waals surface area contributed by atoms with Gasteiger partial charge in [-0.3, -0.25) is 4.90 Å². The van der Waals surface area contributed by atoms with Crippen molar-refractivity contribution in [2.45, 2.75) is 69.1 Å². The number of aliphatic hydroxyl groups is 1. The third kappa shape index (κ3) is 2.51. The number of hydrogen-bond donors (Lipinski definition) is 2. The first-order valence-corrected chi connectivity index (χ1v) is 7.46. The molecular formula is C14H26N2O. The van der Waals surface area contributed by atoms with Crippen LogP contribution in [0.2, 0.25) is 0 Å². The lowest BCUT2D eigenvalue weighted by atomic mass is 9.97. The molecule has 0 spiro atoms. The highest BCUT2D eigenvalue weighted by Crippen LogP contribution is 2.34. The molecule has 3 fully saturated rings. The summed E-state index contributed by atoms with van der Waals surface area (Å²) in [5.74, 6) is 0. The Bertz CT molecular complexity index is 253. The summed E-state index contributed by atoms with van der Waals surface area (Å²) in [6.07, 6.45) is 9.97. The summed E-state index contributed by atoms with van der Waals surface area (Å²) in [5, 5.41) is 14.0. The topological polar surface area (TPSA) is 35.5 Å². The molecule has 2 aliphatic carbocycles. The number of nitrogens with one attached hydrogen (secondary N) is 1. The van der Waals surface area contributed by atoms with Gasteiger partial charge in [-0.25, -0.2) is 0 Å². The van der Waals surface area contributed by atoms with Crippen LogP contribution in [0.15, 0.2) is 0 Å². The van der Waals surface area contributed by atoms with Crippen LogP contribution in [-0.2, 0) is 0 Å². The van der Waals surface area contributed by atoms with Crippen molar-refractivity contribution in [2.75, 3.05) is 19.6 Å². The maximum Gasteiger partial charge on any atom is 0.0774 e. The summed E-state index contributed by atoms with van der Waals surface area (Å²) in [4.78, 5) is 2.65. The molecule has 0 radical (unpaired) electrons. The number of nitrogens with zero attached hydrogens (tertiary/aromatic N) is 1. The van der Waals surface area contributed by atoms with Crippen LogP contribution >= 0.6 is 0 Å². The monoisotopic (exact) mass is 238 g/mol. The normalized spacial score (nSPS) is 30.0. The third-order valence-electron chi connectivity index (χ3n) is 5.03. The molecule has 17 heavy (non-hydrogen) atoms. The van der Waals surface area contributed by atoms with E-state index in [1.54, 1.807) is 0 Å². The highest BCUT2D eigenvalue weighted by molar-refractivity contribution is 4.96. The second kappa shape index (κ2) is 4.87. The van der Waals surface area contributed by atoms with Gasteiger partial charge >= 0.3 is 0 Å². The molecule has 1 heterocycles. The first-order chi connectivity index (χ1) is 8.27. The Kier molecular flexibility index (Phi) is 3.42. The van der Waals surface area contributed by atoms with Gasteiger partial charge in [0.15, 0.2) is 0 Å². The molecule has 2 saturated carbocycles. The number of hydrogen-bond acceptors (Lipinski definition) is 3. The highest BCUT2D eigenvalue weighted by atomic mass is 16.3. The fourth-order valence-electron chi connectivity index (χ4n) is 3.83. The standard InChI is InChI=1S/C14H26N2O/c17-14(7-3-4-8-14)11-16(13-9-15-10-13)12-5-1-2-6-12/h12-13,15,17H,1-11H2. The van der Waals surface area contributed by atoms with Crippen molar-refractivity contribution < 1.29 is 5.11 Å². The minimum Gasteiger partial charge on any atom is -0.389 e. The average Bonchev–Trinajstić information content (AvgIpc) is 2.85. The van der Waals surface area contributed by atoms with E-state index in [0.29, 0.717) is 6.04 Å². The predicted octanol–water partition coefficient (Wildman–Crippen LogP) is 1.51. The van der Waals surface area contributed by atoms with Gasteiger partial charge in [0.1, 0.15) is 0 Å². The second-order valence-electron chi connectivity index (χ2n) is 6.35. The van der Waals surface area contributed by atoms with Crippen LogP contribution < -0.4 is 5.32 Å². The SMILES string of the molecule is OC1(CN(C2CCCC2)C2CNC2)CCCC1. The zero-order valence-electron chi connectivity index (χ0n) is 10.8. The van der Waals surface area contributed by atoms with Gasteiger partial charge in [0.05, 0.1) is 5.60 Å². The molecule has 0 aromatic rings. The first kappa shape index (κ1) is 11.9. The Morgan fingerprint density at radius 2 is 1.65 bits per heavy atom. The van der Waals surface area contributed by atoms with Gasteiger partial charge in [0, 0.05) is 31.7 Å². The lowest BCUT2D eigenvalue weighted by Gasteiger charge is -2.45. The van der Waals surface area contributed by atoms with E-state index in [-0.39, 0.29) is 5.60 Å². The van der Waals surface area contributed by atoms with Crippen molar-refractivity contribution in [1.29, 1.82) is 0 Å². The Hall–Kier alpha value is -0.120. The van der Waals surface area contributed by atoms with Crippen LogP contribution in [0.5, 0.6) is 0 Å². The molecule has 0 unspecified atom stereocenters. The molecule has 1 saturated heterocycles. The molecular weight excluding hydrogens is 212 g/mol. The fraction of sp³-hybridized carbons (Fsp3) is 1.00. The van der Waals surface area contributed by atoms with E-state index in [1.807, 2.05) is 0 Å². The lowest BCUT2D eigenvalue weighted by molar-refractivity contribution is -0.0275. The Balaban J connectivity index is 1.65. The van der Waals surface area contributed by atoms with E-state index >= 15 is 0 Å². The molecule has 3 nitrogen and oxygen atoms in total. The van der Waals surface area contributed by atoms with Crippen LogP contribution in [0.1, 0.15) is 51.4 Å². The van der Waals surface area contributed by atoms with Gasteiger partial charge in [0.2, 0.25) is 0 Å². The summed E-state index contributed by atoms with van der Waals surface area (Å²) >= 11 is 0. The van der Waals surface area contributed by atoms with Gasteiger partial charge in [-0.2, -0.15) is 0 Å². The maximum atomic E-state index is 10.6. The van der Waals surface area contributed by atoms with Crippen LogP contribution in [-0.4, -0.2) is 47.3 Å². The molecule has 3 aliphatic rings. The lowest BCUT2D eigenvalue weighted by Crippen LogP contribution is -2.62. The van der Waals surface area contributed by atoms with E-state index in [0.717, 1.165) is 38.5 Å². The second-order valence-corrected chi connectivity index (χ2v) is 6.35. The van der Waals surface area contributed by atoms with Crippen LogP contribution in [0.25, 0.3) is 0 Å². The Morgan fingerprint density at radius 3 is 2.18 bits per heavy atom. The predicted molar refractivity (Wildman–Crippen MR) is 69.0 cm³/mol. The molecule has 0 aromatic carbocycles. The van der Waals surface area contributed by atoms with Crippen molar-refractivity contribution in [2.24, 2.45) is 0 Å². The van der Waals surface area contributed by atoms with Gasteiger partial charge < -0.3 is 10.4 Å². The number of rotatable bonds is 4. The largest absolute Gasteiger partial charge is 0.389 e. The Morgan fingerprint density at radius 1 is 1.00 bits per heavy atom. The van der Waals surface area contributed by atoms with Crippen molar-refractivity contribution >= 4 is 0 Å². The summed E-state index contributed by atoms with van der Waals surface area (Å²) in [6.45, 7) is 3.20. The third-order valence-corrected chi connectivity index (χ3v) is 5.03. The molecule has 0 amide bonds. The van der Waals surface area contributed by atoms with Crippen LogP contribution in [0, 0.1) is 0 Å². The van der Waals surface area contributed by atoms with Gasteiger partial charge in [-0.05, 0) is 25.7 Å². The average molecular weight is 238 g/mol. The summed E-state index contributed by atoms with van der Waals surface area (Å²) in [5.41, 5.74) is -0.363. The smallest absolute Gasteiger partial charge is 0.0774 e. The molecule has 0 bridgehead atoms. The fourth-order valence-corrected chi connectivity index (χ4v) is 3.83. The van der Waals surface area contributed by atoms with Crippen LogP contribution in [0.3, 0.4) is 0 Å². The molecule has 3 heteroatoms. The zero-order chi connectivity index (χ0) is 11.7. The van der Waals surface area contributed by atoms with E-state index in [4.69, 9.17) is 0 Å². The first-order valence-electron chi connectivity index (χ1n) is 7.46. The van der Waals surface area contributed by atoms with Crippen molar-refractivity contribution in [3.8, 4) is 0 Å².